The first-order valence-electron chi connectivity index (χ1n) is 10.2. The number of hydrogen-bond acceptors (Lipinski definition) is 4. The van der Waals surface area contributed by atoms with Crippen molar-refractivity contribution in [2.75, 3.05) is 6.61 Å². The third-order valence-corrected chi connectivity index (χ3v) is 5.85. The second-order valence-corrected chi connectivity index (χ2v) is 8.10. The van der Waals surface area contributed by atoms with Crippen molar-refractivity contribution in [1.29, 1.82) is 0 Å². The molecule has 152 valence electrons. The number of aryl methyl sites for hydroxylation is 1. The zero-order valence-electron chi connectivity index (χ0n) is 17.0. The van der Waals surface area contributed by atoms with E-state index in [1.807, 2.05) is 49.4 Å². The quantitative estimate of drug-likeness (QED) is 0.499. The van der Waals surface area contributed by atoms with Crippen LogP contribution in [0, 0.1) is 6.92 Å². The van der Waals surface area contributed by atoms with Gasteiger partial charge < -0.3 is 9.47 Å². The Labute approximate surface area is 181 Å². The third kappa shape index (κ3) is 3.41. The zero-order valence-corrected chi connectivity index (χ0v) is 17.8. The number of benzene rings is 3. The molecule has 0 saturated carbocycles. The molecule has 0 spiro atoms. The highest BCUT2D eigenvalue weighted by atomic mass is 35.5. The van der Waals surface area contributed by atoms with E-state index in [0.29, 0.717) is 11.6 Å². The summed E-state index contributed by atoms with van der Waals surface area (Å²) in [6, 6.07) is 22.5. The van der Waals surface area contributed by atoms with Crippen LogP contribution in [0.2, 0.25) is 5.02 Å². The molecule has 3 aromatic rings. The summed E-state index contributed by atoms with van der Waals surface area (Å²) in [7, 11) is 0. The minimum Gasteiger partial charge on any atom is -0.494 e. The molecular formula is C25H23ClN2O2. The van der Waals surface area contributed by atoms with Crippen molar-refractivity contribution < 1.29 is 9.47 Å². The second kappa shape index (κ2) is 7.69. The van der Waals surface area contributed by atoms with Gasteiger partial charge in [0.2, 0.25) is 6.23 Å². The van der Waals surface area contributed by atoms with E-state index in [-0.39, 0.29) is 12.3 Å². The number of hydrogen-bond donors (Lipinski definition) is 0. The monoisotopic (exact) mass is 418 g/mol. The van der Waals surface area contributed by atoms with E-state index in [1.165, 1.54) is 5.56 Å². The van der Waals surface area contributed by atoms with Crippen molar-refractivity contribution >= 4 is 17.3 Å². The summed E-state index contributed by atoms with van der Waals surface area (Å²) in [6.45, 7) is 4.72. The van der Waals surface area contributed by atoms with Crippen LogP contribution in [0.15, 0.2) is 71.8 Å². The fourth-order valence-corrected chi connectivity index (χ4v) is 4.27. The molecule has 3 aromatic carbocycles. The molecule has 0 radical (unpaired) electrons. The molecule has 2 aliphatic heterocycles. The number of fused-ring (bicyclic) bond motifs is 3. The maximum absolute atomic E-state index is 6.41. The van der Waals surface area contributed by atoms with Gasteiger partial charge >= 0.3 is 0 Å². The van der Waals surface area contributed by atoms with Crippen molar-refractivity contribution in [1.82, 2.24) is 5.01 Å². The van der Waals surface area contributed by atoms with E-state index in [2.05, 4.69) is 36.2 Å². The molecule has 5 rings (SSSR count). The summed E-state index contributed by atoms with van der Waals surface area (Å²) in [5.41, 5.74) is 5.56. The van der Waals surface area contributed by atoms with Gasteiger partial charge in [0, 0.05) is 22.6 Å². The molecule has 0 unspecified atom stereocenters. The van der Waals surface area contributed by atoms with E-state index >= 15 is 0 Å². The fourth-order valence-electron chi connectivity index (χ4n) is 4.09. The van der Waals surface area contributed by atoms with Crippen LogP contribution in [0.3, 0.4) is 0 Å². The Morgan fingerprint density at radius 1 is 1.07 bits per heavy atom. The smallest absolute Gasteiger partial charge is 0.213 e. The Hall–Kier alpha value is -2.98. The van der Waals surface area contributed by atoms with Crippen LogP contribution in [0.25, 0.3) is 0 Å². The van der Waals surface area contributed by atoms with Gasteiger partial charge in [0.1, 0.15) is 11.5 Å². The molecule has 30 heavy (non-hydrogen) atoms. The highest BCUT2D eigenvalue weighted by molar-refractivity contribution is 6.30. The first kappa shape index (κ1) is 19.0. The van der Waals surface area contributed by atoms with Gasteiger partial charge in [0.15, 0.2) is 0 Å². The van der Waals surface area contributed by atoms with Crippen molar-refractivity contribution in [3.63, 3.8) is 0 Å². The van der Waals surface area contributed by atoms with Gasteiger partial charge in [-0.25, -0.2) is 5.01 Å². The Kier molecular flexibility index (Phi) is 4.87. The SMILES string of the molecule is CCOc1ccc([C@@H]2Oc3ccc(Cl)cc3[C@H]3CC(c4ccc(C)cc4)=NN32)cc1. The Morgan fingerprint density at radius 3 is 2.57 bits per heavy atom. The molecule has 0 fully saturated rings. The van der Waals surface area contributed by atoms with Crippen LogP contribution in [-0.2, 0) is 0 Å². The van der Waals surface area contributed by atoms with Crippen molar-refractivity contribution in [3.8, 4) is 11.5 Å². The number of nitrogens with zero attached hydrogens (tertiary/aromatic N) is 2. The lowest BCUT2D eigenvalue weighted by Gasteiger charge is -2.38. The summed E-state index contributed by atoms with van der Waals surface area (Å²) < 4.78 is 12.0. The van der Waals surface area contributed by atoms with Crippen LogP contribution in [0.5, 0.6) is 11.5 Å². The molecule has 2 atom stereocenters. The Morgan fingerprint density at radius 2 is 1.83 bits per heavy atom. The number of rotatable bonds is 4. The van der Waals surface area contributed by atoms with Crippen LogP contribution in [0.1, 0.15) is 47.9 Å². The second-order valence-electron chi connectivity index (χ2n) is 7.67. The van der Waals surface area contributed by atoms with Crippen LogP contribution in [-0.4, -0.2) is 17.3 Å². The normalized spacial score (nSPS) is 19.6. The molecule has 0 saturated heterocycles. The van der Waals surface area contributed by atoms with Crippen LogP contribution >= 0.6 is 11.6 Å². The first-order valence-corrected chi connectivity index (χ1v) is 10.6. The number of hydrazone groups is 1. The van der Waals surface area contributed by atoms with Gasteiger partial charge in [-0.05, 0) is 61.9 Å². The van der Waals surface area contributed by atoms with Gasteiger partial charge in [-0.2, -0.15) is 5.10 Å². The lowest BCUT2D eigenvalue weighted by molar-refractivity contribution is -0.0190. The van der Waals surface area contributed by atoms with E-state index in [1.54, 1.807) is 0 Å². The molecule has 0 amide bonds. The predicted octanol–water partition coefficient (Wildman–Crippen LogP) is 6.29. The van der Waals surface area contributed by atoms with Gasteiger partial charge in [-0.3, -0.25) is 0 Å². The average molecular weight is 419 g/mol. The summed E-state index contributed by atoms with van der Waals surface area (Å²) in [5, 5.41) is 7.79. The highest BCUT2D eigenvalue weighted by Crippen LogP contribution is 2.48. The molecule has 5 heteroatoms. The van der Waals surface area contributed by atoms with Crippen molar-refractivity contribution in [2.24, 2.45) is 5.10 Å². The molecule has 0 aromatic heterocycles. The van der Waals surface area contributed by atoms with Crippen molar-refractivity contribution in [2.45, 2.75) is 32.5 Å². The molecule has 0 bridgehead atoms. The zero-order chi connectivity index (χ0) is 20.7. The largest absolute Gasteiger partial charge is 0.494 e. The molecular weight excluding hydrogens is 396 g/mol. The van der Waals surface area contributed by atoms with Gasteiger partial charge in [-0.1, -0.05) is 41.4 Å². The molecule has 2 heterocycles. The standard InChI is InChI=1S/C25H23ClN2O2/c1-3-29-20-11-8-18(9-12-20)25-28-23(21-14-19(26)10-13-24(21)30-25)15-22(27-28)17-6-4-16(2)5-7-17/h4-14,23,25H,3,15H2,1-2H3/t23-,25+/m1/s1. The topological polar surface area (TPSA) is 34.1 Å². The minimum absolute atomic E-state index is 0.0836. The maximum atomic E-state index is 6.41. The van der Waals surface area contributed by atoms with Gasteiger partial charge in [0.25, 0.3) is 0 Å². The fraction of sp³-hybridized carbons (Fsp3) is 0.240. The van der Waals surface area contributed by atoms with E-state index < -0.39 is 0 Å². The predicted molar refractivity (Wildman–Crippen MR) is 119 cm³/mol. The number of ether oxygens (including phenoxy) is 2. The molecule has 2 aliphatic rings. The summed E-state index contributed by atoms with van der Waals surface area (Å²) in [6.07, 6.45) is 0.509. The van der Waals surface area contributed by atoms with Crippen LogP contribution < -0.4 is 9.47 Å². The first-order chi connectivity index (χ1) is 14.6. The number of halogens is 1. The minimum atomic E-state index is -0.303. The Balaban J connectivity index is 1.55. The van der Waals surface area contributed by atoms with Crippen LogP contribution in [0.4, 0.5) is 0 Å². The van der Waals surface area contributed by atoms with E-state index in [4.69, 9.17) is 26.2 Å². The average Bonchev–Trinajstić information content (AvgIpc) is 3.20. The van der Waals surface area contributed by atoms with E-state index in [0.717, 1.165) is 40.3 Å². The third-order valence-electron chi connectivity index (χ3n) is 5.61. The van der Waals surface area contributed by atoms with E-state index in [9.17, 15) is 0 Å². The molecule has 4 nitrogen and oxygen atoms in total. The molecule has 0 N–H and O–H groups in total. The summed E-state index contributed by atoms with van der Waals surface area (Å²) in [5.74, 6) is 1.71. The summed E-state index contributed by atoms with van der Waals surface area (Å²) >= 11 is 6.31. The molecule has 0 aliphatic carbocycles. The summed E-state index contributed by atoms with van der Waals surface area (Å²) in [4.78, 5) is 0. The Bertz CT molecular complexity index is 1090. The van der Waals surface area contributed by atoms with Crippen molar-refractivity contribution in [3.05, 3.63) is 94.0 Å². The highest BCUT2D eigenvalue weighted by Gasteiger charge is 2.41. The lowest BCUT2D eigenvalue weighted by Crippen LogP contribution is -2.33. The lowest BCUT2D eigenvalue weighted by atomic mass is 9.95. The van der Waals surface area contributed by atoms with Gasteiger partial charge in [-0.15, -0.1) is 0 Å². The maximum Gasteiger partial charge on any atom is 0.213 e. The van der Waals surface area contributed by atoms with Gasteiger partial charge in [0.05, 0.1) is 18.4 Å².